The highest BCUT2D eigenvalue weighted by molar-refractivity contribution is 6.03. The van der Waals surface area contributed by atoms with E-state index in [1.165, 1.54) is 4.52 Å². The van der Waals surface area contributed by atoms with Gasteiger partial charge < -0.3 is 11.1 Å². The van der Waals surface area contributed by atoms with E-state index in [1.807, 2.05) is 13.0 Å². The van der Waals surface area contributed by atoms with Crippen molar-refractivity contribution in [2.24, 2.45) is 0 Å². The number of Topliss-reactive ketones (excluding diaryl/α,β-unsaturated/α-hetero) is 1. The van der Waals surface area contributed by atoms with Crippen LogP contribution in [0.25, 0.3) is 5.65 Å². The standard InChI is InChI=1S/C12H15N5O/c1-7-5-10-15-6-8(12(13)17(10)16-7)11(18)9-3-2-4-14-9/h5-6,9,14H,2-4,13H2,1H3/t9-/m1/s1. The van der Waals surface area contributed by atoms with Crippen molar-refractivity contribution in [2.45, 2.75) is 25.8 Å². The fraction of sp³-hybridized carbons (Fsp3) is 0.417. The Kier molecular flexibility index (Phi) is 2.52. The highest BCUT2D eigenvalue weighted by Crippen LogP contribution is 2.18. The molecule has 0 radical (unpaired) electrons. The van der Waals surface area contributed by atoms with Gasteiger partial charge in [-0.15, -0.1) is 0 Å². The summed E-state index contributed by atoms with van der Waals surface area (Å²) in [6.07, 6.45) is 3.43. The maximum absolute atomic E-state index is 12.3. The molecule has 3 N–H and O–H groups in total. The van der Waals surface area contributed by atoms with Gasteiger partial charge in [-0.05, 0) is 26.3 Å². The lowest BCUT2D eigenvalue weighted by molar-refractivity contribution is 0.0952. The van der Waals surface area contributed by atoms with Crippen molar-refractivity contribution in [3.8, 4) is 0 Å². The normalized spacial score (nSPS) is 19.5. The van der Waals surface area contributed by atoms with Gasteiger partial charge in [0.05, 0.1) is 17.3 Å². The van der Waals surface area contributed by atoms with Crippen molar-refractivity contribution in [1.82, 2.24) is 19.9 Å². The molecule has 6 heteroatoms. The van der Waals surface area contributed by atoms with E-state index >= 15 is 0 Å². The number of aryl methyl sites for hydroxylation is 1. The van der Waals surface area contributed by atoms with Crippen LogP contribution in [0, 0.1) is 6.92 Å². The number of nitrogens with one attached hydrogen (secondary N) is 1. The molecule has 0 saturated carbocycles. The van der Waals surface area contributed by atoms with Crippen molar-refractivity contribution in [3.63, 3.8) is 0 Å². The van der Waals surface area contributed by atoms with Crippen molar-refractivity contribution >= 4 is 17.2 Å². The zero-order valence-corrected chi connectivity index (χ0v) is 10.2. The lowest BCUT2D eigenvalue weighted by Gasteiger charge is -2.11. The molecule has 1 aliphatic heterocycles. The lowest BCUT2D eigenvalue weighted by atomic mass is 10.1. The monoisotopic (exact) mass is 245 g/mol. The van der Waals surface area contributed by atoms with Gasteiger partial charge in [0, 0.05) is 12.3 Å². The highest BCUT2D eigenvalue weighted by atomic mass is 16.1. The fourth-order valence-electron chi connectivity index (χ4n) is 2.35. The second-order valence-corrected chi connectivity index (χ2v) is 4.63. The molecule has 0 aliphatic carbocycles. The number of rotatable bonds is 2. The Morgan fingerprint density at radius 3 is 3.17 bits per heavy atom. The summed E-state index contributed by atoms with van der Waals surface area (Å²) < 4.78 is 1.53. The quantitative estimate of drug-likeness (QED) is 0.755. The van der Waals surface area contributed by atoms with Crippen LogP contribution in [0.4, 0.5) is 5.82 Å². The van der Waals surface area contributed by atoms with Crippen molar-refractivity contribution < 1.29 is 4.79 Å². The zero-order valence-electron chi connectivity index (χ0n) is 10.2. The first-order valence-corrected chi connectivity index (χ1v) is 6.05. The number of hydrogen-bond acceptors (Lipinski definition) is 5. The van der Waals surface area contributed by atoms with Crippen molar-refractivity contribution in [2.75, 3.05) is 12.3 Å². The van der Waals surface area contributed by atoms with E-state index in [1.54, 1.807) is 6.20 Å². The second-order valence-electron chi connectivity index (χ2n) is 4.63. The van der Waals surface area contributed by atoms with Crippen LogP contribution in [0.5, 0.6) is 0 Å². The maximum atomic E-state index is 12.3. The Labute approximate surface area is 104 Å². The summed E-state index contributed by atoms with van der Waals surface area (Å²) in [6, 6.07) is 1.70. The van der Waals surface area contributed by atoms with Crippen LogP contribution in [0.3, 0.4) is 0 Å². The van der Waals surface area contributed by atoms with Gasteiger partial charge in [0.2, 0.25) is 0 Å². The number of nitrogens with zero attached hydrogens (tertiary/aromatic N) is 3. The molecule has 0 bridgehead atoms. The molecule has 0 amide bonds. The minimum atomic E-state index is -0.136. The lowest BCUT2D eigenvalue weighted by Crippen LogP contribution is -2.31. The minimum Gasteiger partial charge on any atom is -0.383 e. The van der Waals surface area contributed by atoms with Gasteiger partial charge in [-0.25, -0.2) is 4.98 Å². The van der Waals surface area contributed by atoms with E-state index in [0.29, 0.717) is 17.0 Å². The molecule has 94 valence electrons. The Balaban J connectivity index is 2.06. The van der Waals surface area contributed by atoms with Crippen LogP contribution >= 0.6 is 0 Å². The molecule has 0 aromatic carbocycles. The van der Waals surface area contributed by atoms with Crippen LogP contribution in [-0.2, 0) is 0 Å². The summed E-state index contributed by atoms with van der Waals surface area (Å²) in [6.45, 7) is 2.75. The number of ketones is 1. The number of carbonyl (C=O) groups is 1. The SMILES string of the molecule is Cc1cc2ncc(C(=O)[C@H]3CCCN3)c(N)n2n1. The third kappa shape index (κ3) is 1.65. The maximum Gasteiger partial charge on any atom is 0.184 e. The van der Waals surface area contributed by atoms with Gasteiger partial charge in [-0.1, -0.05) is 0 Å². The first kappa shape index (κ1) is 11.2. The number of nitrogen functional groups attached to an aromatic ring is 1. The van der Waals surface area contributed by atoms with Gasteiger partial charge in [-0.3, -0.25) is 4.79 Å². The predicted octanol–water partition coefficient (Wildman–Crippen LogP) is 0.555. The zero-order chi connectivity index (χ0) is 12.7. The molecule has 1 fully saturated rings. The largest absolute Gasteiger partial charge is 0.383 e. The number of nitrogens with two attached hydrogens (primary N) is 1. The van der Waals surface area contributed by atoms with E-state index < -0.39 is 0 Å². The third-order valence-electron chi connectivity index (χ3n) is 3.29. The van der Waals surface area contributed by atoms with E-state index in [0.717, 1.165) is 25.1 Å². The predicted molar refractivity (Wildman–Crippen MR) is 67.5 cm³/mol. The third-order valence-corrected chi connectivity index (χ3v) is 3.29. The molecule has 0 spiro atoms. The number of hydrogen-bond donors (Lipinski definition) is 2. The van der Waals surface area contributed by atoms with Gasteiger partial charge in [0.15, 0.2) is 11.4 Å². The molecule has 0 unspecified atom stereocenters. The highest BCUT2D eigenvalue weighted by Gasteiger charge is 2.26. The van der Waals surface area contributed by atoms with Crippen molar-refractivity contribution in [3.05, 3.63) is 23.5 Å². The molecule has 2 aromatic rings. The number of carbonyl (C=O) groups excluding carboxylic acids is 1. The van der Waals surface area contributed by atoms with Gasteiger partial charge in [0.1, 0.15) is 5.82 Å². The Bertz CT molecular complexity index is 612. The van der Waals surface area contributed by atoms with Crippen LogP contribution in [0.2, 0.25) is 0 Å². The van der Waals surface area contributed by atoms with Gasteiger partial charge in [-0.2, -0.15) is 9.61 Å². The molecule has 1 saturated heterocycles. The Morgan fingerprint density at radius 1 is 1.61 bits per heavy atom. The molecule has 2 aromatic heterocycles. The Hall–Kier alpha value is -1.95. The minimum absolute atomic E-state index is 0.00699. The fourth-order valence-corrected chi connectivity index (χ4v) is 2.35. The van der Waals surface area contributed by atoms with Crippen LogP contribution in [-0.4, -0.2) is 33.0 Å². The molecule has 6 nitrogen and oxygen atoms in total. The van der Waals surface area contributed by atoms with Gasteiger partial charge >= 0.3 is 0 Å². The molecule has 1 aliphatic rings. The molecule has 18 heavy (non-hydrogen) atoms. The summed E-state index contributed by atoms with van der Waals surface area (Å²) in [5.74, 6) is 0.374. The van der Waals surface area contributed by atoms with E-state index in [-0.39, 0.29) is 11.8 Å². The second kappa shape index (κ2) is 4.06. The average Bonchev–Trinajstić information content (AvgIpc) is 2.97. The smallest absolute Gasteiger partial charge is 0.184 e. The average molecular weight is 245 g/mol. The van der Waals surface area contributed by atoms with Gasteiger partial charge in [0.25, 0.3) is 0 Å². The first-order valence-electron chi connectivity index (χ1n) is 6.05. The van der Waals surface area contributed by atoms with E-state index in [4.69, 9.17) is 5.73 Å². The Morgan fingerprint density at radius 2 is 2.44 bits per heavy atom. The molecular weight excluding hydrogens is 230 g/mol. The van der Waals surface area contributed by atoms with Crippen LogP contribution < -0.4 is 11.1 Å². The van der Waals surface area contributed by atoms with Crippen molar-refractivity contribution in [1.29, 1.82) is 0 Å². The molecule has 3 rings (SSSR count). The number of fused-ring (bicyclic) bond motifs is 1. The first-order chi connectivity index (χ1) is 8.66. The molecule has 1 atom stereocenters. The number of anilines is 1. The summed E-state index contributed by atoms with van der Waals surface area (Å²) in [5.41, 5.74) is 7.96. The number of aromatic nitrogens is 3. The summed E-state index contributed by atoms with van der Waals surface area (Å²) in [7, 11) is 0. The summed E-state index contributed by atoms with van der Waals surface area (Å²) in [5, 5.41) is 7.41. The molecule has 3 heterocycles. The summed E-state index contributed by atoms with van der Waals surface area (Å²) >= 11 is 0. The topological polar surface area (TPSA) is 85.3 Å². The molecular formula is C12H15N5O. The van der Waals surface area contributed by atoms with Crippen LogP contribution in [0.15, 0.2) is 12.3 Å². The van der Waals surface area contributed by atoms with Crippen LogP contribution in [0.1, 0.15) is 28.9 Å². The van der Waals surface area contributed by atoms with E-state index in [2.05, 4.69) is 15.4 Å². The van der Waals surface area contributed by atoms with E-state index in [9.17, 15) is 4.79 Å². The summed E-state index contributed by atoms with van der Waals surface area (Å²) in [4.78, 5) is 16.5.